The molecule has 2 aromatic heterocycles. The van der Waals surface area contributed by atoms with Gasteiger partial charge < -0.3 is 5.73 Å². The summed E-state index contributed by atoms with van der Waals surface area (Å²) in [7, 11) is 0. The van der Waals surface area contributed by atoms with Crippen LogP contribution in [0.4, 0.5) is 0 Å². The number of hydrogen-bond acceptors (Lipinski definition) is 5. The molecule has 0 bridgehead atoms. The first kappa shape index (κ1) is 19.5. The van der Waals surface area contributed by atoms with Crippen molar-refractivity contribution < 1.29 is 4.79 Å². The molecule has 1 amide bonds. The Labute approximate surface area is 174 Å². The molecular weight excluding hydrogens is 378 g/mol. The first-order valence-electron chi connectivity index (χ1n) is 9.86. The maximum absolute atomic E-state index is 12.0. The van der Waals surface area contributed by atoms with E-state index >= 15 is 0 Å². The third-order valence-electron chi connectivity index (χ3n) is 5.06. The molecular formula is C22H23N7O. The fourth-order valence-corrected chi connectivity index (χ4v) is 3.73. The number of H-pyrrole nitrogens is 1. The minimum absolute atomic E-state index is 0.435. The summed E-state index contributed by atoms with van der Waals surface area (Å²) in [6.45, 7) is 4.66. The summed E-state index contributed by atoms with van der Waals surface area (Å²) in [5.41, 5.74) is 11.8. The second-order valence-electron chi connectivity index (χ2n) is 7.15. The van der Waals surface area contributed by atoms with Crippen molar-refractivity contribution in [3.8, 4) is 22.5 Å². The van der Waals surface area contributed by atoms with E-state index in [1.165, 1.54) is 0 Å². The van der Waals surface area contributed by atoms with Gasteiger partial charge in [-0.05, 0) is 35.2 Å². The maximum Gasteiger partial charge on any atom is 0.252 e. The Bertz CT molecular complexity index is 1160. The minimum Gasteiger partial charge on any atom is -0.365 e. The molecule has 0 unspecified atom stereocenters. The predicted octanol–water partition coefficient (Wildman–Crippen LogP) is 3.14. The molecule has 0 saturated carbocycles. The summed E-state index contributed by atoms with van der Waals surface area (Å²) in [4.78, 5) is 12.0. The number of carbonyl (C=O) groups is 1. The summed E-state index contributed by atoms with van der Waals surface area (Å²) in [6, 6.07) is 16.2. The zero-order valence-corrected chi connectivity index (χ0v) is 17.0. The lowest BCUT2D eigenvalue weighted by Crippen LogP contribution is -2.15. The molecule has 0 aliphatic heterocycles. The molecule has 2 aromatic carbocycles. The molecule has 0 fully saturated rings. The number of aromatic amines is 1. The molecule has 3 N–H and O–H groups in total. The van der Waals surface area contributed by atoms with Crippen LogP contribution in [0.2, 0.25) is 0 Å². The molecule has 0 aliphatic rings. The zero-order valence-electron chi connectivity index (χ0n) is 17.0. The van der Waals surface area contributed by atoms with Crippen molar-refractivity contribution in [2.75, 3.05) is 0 Å². The molecule has 8 nitrogen and oxygen atoms in total. The number of nitrogens with one attached hydrogen (secondary N) is 1. The van der Waals surface area contributed by atoms with E-state index < -0.39 is 5.91 Å². The van der Waals surface area contributed by atoms with E-state index in [0.29, 0.717) is 23.5 Å². The van der Waals surface area contributed by atoms with Crippen LogP contribution in [0.1, 0.15) is 40.7 Å². The van der Waals surface area contributed by atoms with Gasteiger partial charge in [0, 0.05) is 18.5 Å². The monoisotopic (exact) mass is 401 g/mol. The molecule has 0 radical (unpaired) electrons. The third kappa shape index (κ3) is 3.71. The highest BCUT2D eigenvalue weighted by Gasteiger charge is 2.19. The number of tetrazole rings is 1. The van der Waals surface area contributed by atoms with Gasteiger partial charge in [0.05, 0.1) is 17.0 Å². The Morgan fingerprint density at radius 3 is 2.47 bits per heavy atom. The summed E-state index contributed by atoms with van der Waals surface area (Å²) in [5, 5.41) is 18.9. The van der Waals surface area contributed by atoms with E-state index in [1.54, 1.807) is 0 Å². The molecule has 4 aromatic rings. The largest absolute Gasteiger partial charge is 0.365 e. The van der Waals surface area contributed by atoms with Gasteiger partial charge in [-0.3, -0.25) is 9.48 Å². The number of nitrogens with zero attached hydrogens (tertiary/aromatic N) is 5. The van der Waals surface area contributed by atoms with Crippen LogP contribution in [-0.4, -0.2) is 36.3 Å². The van der Waals surface area contributed by atoms with Crippen molar-refractivity contribution in [2.45, 2.75) is 33.2 Å². The quantitative estimate of drug-likeness (QED) is 0.494. The van der Waals surface area contributed by atoms with Crippen molar-refractivity contribution in [2.24, 2.45) is 5.73 Å². The third-order valence-corrected chi connectivity index (χ3v) is 5.06. The van der Waals surface area contributed by atoms with Crippen LogP contribution in [0.15, 0.2) is 48.5 Å². The van der Waals surface area contributed by atoms with Crippen LogP contribution in [-0.2, 0) is 13.0 Å². The highest BCUT2D eigenvalue weighted by atomic mass is 16.1. The standard InChI is InChI=1S/C22H23N7O/c1-3-12-29-19(20(21(23)30)14(2)26-29)13-15-8-10-16(11-9-15)17-6-4-5-7-18(17)22-24-27-28-25-22/h4-11H,3,12-13H2,1-2H3,(H2,23,30)(H,24,25,27,28). The van der Waals surface area contributed by atoms with Gasteiger partial charge >= 0.3 is 0 Å². The zero-order chi connectivity index (χ0) is 21.1. The lowest BCUT2D eigenvalue weighted by molar-refractivity contribution is 0.0999. The molecule has 30 heavy (non-hydrogen) atoms. The van der Waals surface area contributed by atoms with E-state index in [9.17, 15) is 4.79 Å². The maximum atomic E-state index is 12.0. The van der Waals surface area contributed by atoms with Gasteiger partial charge in [-0.2, -0.15) is 10.3 Å². The number of carbonyl (C=O) groups excluding carboxylic acids is 1. The molecule has 152 valence electrons. The smallest absolute Gasteiger partial charge is 0.252 e. The second-order valence-corrected chi connectivity index (χ2v) is 7.15. The second kappa shape index (κ2) is 8.28. The molecule has 0 saturated heterocycles. The van der Waals surface area contributed by atoms with Gasteiger partial charge in [-0.1, -0.05) is 55.5 Å². The number of nitrogens with two attached hydrogens (primary N) is 1. The topological polar surface area (TPSA) is 115 Å². The van der Waals surface area contributed by atoms with Crippen molar-refractivity contribution in [1.82, 2.24) is 30.4 Å². The van der Waals surface area contributed by atoms with Gasteiger partial charge in [-0.15, -0.1) is 10.2 Å². The van der Waals surface area contributed by atoms with Crippen LogP contribution in [0.5, 0.6) is 0 Å². The number of rotatable bonds is 7. The van der Waals surface area contributed by atoms with Gasteiger partial charge in [0.25, 0.3) is 5.91 Å². The Morgan fingerprint density at radius 1 is 1.10 bits per heavy atom. The molecule has 8 heteroatoms. The number of hydrogen-bond donors (Lipinski definition) is 2. The molecule has 0 aliphatic carbocycles. The normalized spacial score (nSPS) is 11.0. The van der Waals surface area contributed by atoms with E-state index in [0.717, 1.165) is 40.9 Å². The van der Waals surface area contributed by atoms with Gasteiger partial charge in [0.1, 0.15) is 0 Å². The predicted molar refractivity (Wildman–Crippen MR) is 114 cm³/mol. The Morgan fingerprint density at radius 2 is 1.83 bits per heavy atom. The van der Waals surface area contributed by atoms with Gasteiger partial charge in [-0.25, -0.2) is 0 Å². The van der Waals surface area contributed by atoms with Gasteiger partial charge in [0.15, 0.2) is 0 Å². The first-order valence-corrected chi connectivity index (χ1v) is 9.86. The number of aryl methyl sites for hydroxylation is 2. The molecule has 0 atom stereocenters. The molecule has 4 rings (SSSR count). The lowest BCUT2D eigenvalue weighted by atomic mass is 9.97. The number of benzene rings is 2. The Hall–Kier alpha value is -3.81. The molecule has 2 heterocycles. The van der Waals surface area contributed by atoms with Crippen LogP contribution in [0.3, 0.4) is 0 Å². The highest BCUT2D eigenvalue weighted by molar-refractivity contribution is 5.95. The van der Waals surface area contributed by atoms with E-state index in [-0.39, 0.29) is 0 Å². The number of amides is 1. The van der Waals surface area contributed by atoms with E-state index in [1.807, 2.05) is 35.9 Å². The average Bonchev–Trinajstić information content (AvgIpc) is 3.37. The van der Waals surface area contributed by atoms with Gasteiger partial charge in [0.2, 0.25) is 5.82 Å². The lowest BCUT2D eigenvalue weighted by Gasteiger charge is -2.10. The average molecular weight is 401 g/mol. The SMILES string of the molecule is CCCn1nc(C)c(C(N)=O)c1Cc1ccc(-c2ccccc2-c2nn[nH]n2)cc1. The fourth-order valence-electron chi connectivity index (χ4n) is 3.73. The van der Waals surface area contributed by atoms with E-state index in [4.69, 9.17) is 5.73 Å². The Balaban J connectivity index is 1.66. The van der Waals surface area contributed by atoms with Crippen molar-refractivity contribution in [3.63, 3.8) is 0 Å². The van der Waals surface area contributed by atoms with Crippen molar-refractivity contribution in [1.29, 1.82) is 0 Å². The van der Waals surface area contributed by atoms with Crippen LogP contribution in [0.25, 0.3) is 22.5 Å². The molecule has 0 spiro atoms. The summed E-state index contributed by atoms with van der Waals surface area (Å²) in [6.07, 6.45) is 1.52. The van der Waals surface area contributed by atoms with Crippen LogP contribution in [0, 0.1) is 6.92 Å². The fraction of sp³-hybridized carbons (Fsp3) is 0.227. The van der Waals surface area contributed by atoms with E-state index in [2.05, 4.69) is 56.9 Å². The van der Waals surface area contributed by atoms with Crippen molar-refractivity contribution >= 4 is 5.91 Å². The summed E-state index contributed by atoms with van der Waals surface area (Å²) >= 11 is 0. The van der Waals surface area contributed by atoms with Crippen LogP contribution >= 0.6 is 0 Å². The highest BCUT2D eigenvalue weighted by Crippen LogP contribution is 2.30. The van der Waals surface area contributed by atoms with Crippen molar-refractivity contribution in [3.05, 3.63) is 71.0 Å². The summed E-state index contributed by atoms with van der Waals surface area (Å²) < 4.78 is 1.90. The number of primary amides is 1. The number of aromatic nitrogens is 6. The minimum atomic E-state index is -0.435. The van der Waals surface area contributed by atoms with Crippen LogP contribution < -0.4 is 5.73 Å². The summed E-state index contributed by atoms with van der Waals surface area (Å²) in [5.74, 6) is 0.121. The first-order chi connectivity index (χ1) is 14.6. The Kier molecular flexibility index (Phi) is 5.38.